The lowest BCUT2D eigenvalue weighted by Crippen LogP contribution is -2.16. The molecule has 134 valence electrons. The predicted octanol–water partition coefficient (Wildman–Crippen LogP) is 3.29. The van der Waals surface area contributed by atoms with E-state index in [1.165, 1.54) is 10.7 Å². The fraction of sp³-hybridized carbons (Fsp3) is 0.176. The van der Waals surface area contributed by atoms with Crippen LogP contribution in [-0.2, 0) is 4.79 Å². The number of carbonyl (C=O) groups excluding carboxylic acids is 1. The van der Waals surface area contributed by atoms with Crippen LogP contribution in [-0.4, -0.2) is 31.9 Å². The third-order valence-corrected chi connectivity index (χ3v) is 4.50. The molecule has 0 aliphatic carbocycles. The lowest BCUT2D eigenvalue weighted by Gasteiger charge is -2.09. The average Bonchev–Trinajstić information content (AvgIpc) is 3.05. The minimum Gasteiger partial charge on any atom is -0.320 e. The zero-order chi connectivity index (χ0) is 18.7. The molecule has 0 fully saturated rings. The Morgan fingerprint density at radius 3 is 2.62 bits per heavy atom. The van der Waals surface area contributed by atoms with E-state index in [1.807, 2.05) is 32.0 Å². The van der Waals surface area contributed by atoms with E-state index < -0.39 is 23.2 Å². The van der Waals surface area contributed by atoms with Crippen molar-refractivity contribution in [2.45, 2.75) is 19.0 Å². The van der Waals surface area contributed by atoms with Gasteiger partial charge in [0.15, 0.2) is 0 Å². The molecule has 26 heavy (non-hydrogen) atoms. The minimum absolute atomic E-state index is 0.0982. The molecule has 0 bridgehead atoms. The van der Waals surface area contributed by atoms with Gasteiger partial charge in [0.25, 0.3) is 0 Å². The molecule has 1 heterocycles. The van der Waals surface area contributed by atoms with Crippen LogP contribution in [0.25, 0.3) is 5.69 Å². The smallest absolute Gasteiger partial charge is 0.235 e. The summed E-state index contributed by atoms with van der Waals surface area (Å²) >= 11 is 1.07. The van der Waals surface area contributed by atoms with Gasteiger partial charge < -0.3 is 5.32 Å². The van der Waals surface area contributed by atoms with Gasteiger partial charge in [-0.1, -0.05) is 35.5 Å². The highest BCUT2D eigenvalue weighted by atomic mass is 32.2. The quantitative estimate of drug-likeness (QED) is 0.693. The number of thioether (sulfide) groups is 1. The molecule has 3 rings (SSSR count). The molecule has 0 atom stereocenters. The number of nitrogens with one attached hydrogen (secondary N) is 1. The summed E-state index contributed by atoms with van der Waals surface area (Å²) < 4.78 is 28.7. The van der Waals surface area contributed by atoms with Crippen molar-refractivity contribution in [1.82, 2.24) is 20.2 Å². The number of aryl methyl sites for hydroxylation is 2. The molecule has 9 heteroatoms. The van der Waals surface area contributed by atoms with E-state index in [9.17, 15) is 13.6 Å². The maximum Gasteiger partial charge on any atom is 0.235 e. The minimum atomic E-state index is -0.830. The number of tetrazole rings is 1. The van der Waals surface area contributed by atoms with Gasteiger partial charge in [0, 0.05) is 0 Å². The second-order valence-electron chi connectivity index (χ2n) is 5.60. The van der Waals surface area contributed by atoms with E-state index in [0.29, 0.717) is 5.16 Å². The molecule has 1 aromatic heterocycles. The summed E-state index contributed by atoms with van der Waals surface area (Å²) in [7, 11) is 0. The first-order chi connectivity index (χ1) is 12.5. The summed E-state index contributed by atoms with van der Waals surface area (Å²) in [5.74, 6) is -2.32. The fourth-order valence-electron chi connectivity index (χ4n) is 2.39. The van der Waals surface area contributed by atoms with Crippen LogP contribution in [0, 0.1) is 25.5 Å². The average molecular weight is 375 g/mol. The van der Waals surface area contributed by atoms with Crippen molar-refractivity contribution in [1.29, 1.82) is 0 Å². The van der Waals surface area contributed by atoms with Gasteiger partial charge in [-0.15, -0.1) is 5.10 Å². The normalized spacial score (nSPS) is 10.8. The predicted molar refractivity (Wildman–Crippen MR) is 94.3 cm³/mol. The first-order valence-electron chi connectivity index (χ1n) is 7.68. The Bertz CT molecular complexity index is 940. The molecule has 0 spiro atoms. The lowest BCUT2D eigenvalue weighted by atomic mass is 10.1. The van der Waals surface area contributed by atoms with Crippen molar-refractivity contribution in [3.05, 3.63) is 59.2 Å². The lowest BCUT2D eigenvalue weighted by molar-refractivity contribution is -0.113. The highest BCUT2D eigenvalue weighted by Crippen LogP contribution is 2.22. The summed E-state index contributed by atoms with van der Waals surface area (Å²) in [6.07, 6.45) is 0. The summed E-state index contributed by atoms with van der Waals surface area (Å²) in [4.78, 5) is 12.0. The molecule has 1 N–H and O–H groups in total. The molecule has 6 nitrogen and oxygen atoms in total. The monoisotopic (exact) mass is 375 g/mol. The SMILES string of the molecule is Cc1ccc(-n2nnnc2SCC(=O)Nc2c(F)cccc2F)c(C)c1. The van der Waals surface area contributed by atoms with Crippen molar-refractivity contribution in [3.63, 3.8) is 0 Å². The van der Waals surface area contributed by atoms with E-state index in [-0.39, 0.29) is 5.75 Å². The Balaban J connectivity index is 1.71. The van der Waals surface area contributed by atoms with Gasteiger partial charge >= 0.3 is 0 Å². The van der Waals surface area contributed by atoms with E-state index in [4.69, 9.17) is 0 Å². The standard InChI is InChI=1S/C17H15F2N5OS/c1-10-6-7-14(11(2)8-10)24-17(21-22-23-24)26-9-15(25)20-16-12(18)4-3-5-13(16)19/h3-8H,9H2,1-2H3,(H,20,25). The van der Waals surface area contributed by atoms with Crippen molar-refractivity contribution in [3.8, 4) is 5.69 Å². The number of hydrogen-bond donors (Lipinski definition) is 1. The largest absolute Gasteiger partial charge is 0.320 e. The van der Waals surface area contributed by atoms with Gasteiger partial charge in [-0.2, -0.15) is 4.68 Å². The Kier molecular flexibility index (Phi) is 5.27. The molecule has 0 radical (unpaired) electrons. The summed E-state index contributed by atoms with van der Waals surface area (Å²) in [5, 5.41) is 14.1. The number of benzene rings is 2. The van der Waals surface area contributed by atoms with Crippen molar-refractivity contribution >= 4 is 23.4 Å². The zero-order valence-electron chi connectivity index (χ0n) is 14.0. The van der Waals surface area contributed by atoms with Crippen molar-refractivity contribution in [2.24, 2.45) is 0 Å². The zero-order valence-corrected chi connectivity index (χ0v) is 14.8. The number of rotatable bonds is 5. The van der Waals surface area contributed by atoms with Crippen LogP contribution in [0.2, 0.25) is 0 Å². The molecular formula is C17H15F2N5OS. The maximum absolute atomic E-state index is 13.6. The van der Waals surface area contributed by atoms with Gasteiger partial charge in [0.05, 0.1) is 11.4 Å². The number of anilines is 1. The van der Waals surface area contributed by atoms with Gasteiger partial charge in [-0.3, -0.25) is 4.79 Å². The molecule has 3 aromatic rings. The van der Waals surface area contributed by atoms with Crippen LogP contribution in [0.1, 0.15) is 11.1 Å². The Morgan fingerprint density at radius 1 is 1.19 bits per heavy atom. The molecule has 2 aromatic carbocycles. The number of hydrogen-bond acceptors (Lipinski definition) is 5. The summed E-state index contributed by atoms with van der Waals surface area (Å²) in [5.41, 5.74) is 2.42. The molecule has 0 unspecified atom stereocenters. The summed E-state index contributed by atoms with van der Waals surface area (Å²) in [6, 6.07) is 9.21. The number of nitrogens with zero attached hydrogens (tertiary/aromatic N) is 4. The van der Waals surface area contributed by atoms with E-state index in [0.717, 1.165) is 40.7 Å². The Morgan fingerprint density at radius 2 is 1.92 bits per heavy atom. The Labute approximate surface area is 152 Å². The van der Waals surface area contributed by atoms with Crippen LogP contribution in [0.15, 0.2) is 41.6 Å². The number of aromatic nitrogens is 4. The van der Waals surface area contributed by atoms with E-state index >= 15 is 0 Å². The first kappa shape index (κ1) is 18.0. The van der Waals surface area contributed by atoms with Gasteiger partial charge in [0.2, 0.25) is 11.1 Å². The number of amides is 1. The van der Waals surface area contributed by atoms with Crippen LogP contribution in [0.5, 0.6) is 0 Å². The van der Waals surface area contributed by atoms with Crippen LogP contribution in [0.4, 0.5) is 14.5 Å². The highest BCUT2D eigenvalue weighted by Gasteiger charge is 2.15. The Hall–Kier alpha value is -2.81. The van der Waals surface area contributed by atoms with Gasteiger partial charge in [-0.05, 0) is 48.0 Å². The molecular weight excluding hydrogens is 360 g/mol. The van der Waals surface area contributed by atoms with E-state index in [2.05, 4.69) is 20.8 Å². The first-order valence-corrected chi connectivity index (χ1v) is 8.67. The molecule has 0 aliphatic heterocycles. The van der Waals surface area contributed by atoms with E-state index in [1.54, 1.807) is 0 Å². The summed E-state index contributed by atoms with van der Waals surface area (Å²) in [6.45, 7) is 3.92. The van der Waals surface area contributed by atoms with Crippen molar-refractivity contribution < 1.29 is 13.6 Å². The fourth-order valence-corrected chi connectivity index (χ4v) is 3.07. The second-order valence-corrected chi connectivity index (χ2v) is 6.54. The van der Waals surface area contributed by atoms with Gasteiger partial charge in [-0.25, -0.2) is 8.78 Å². The van der Waals surface area contributed by atoms with Crippen LogP contribution < -0.4 is 5.32 Å². The third-order valence-electron chi connectivity index (χ3n) is 3.58. The molecule has 1 amide bonds. The van der Waals surface area contributed by atoms with Crippen molar-refractivity contribution in [2.75, 3.05) is 11.1 Å². The maximum atomic E-state index is 13.6. The van der Waals surface area contributed by atoms with Gasteiger partial charge in [0.1, 0.15) is 17.3 Å². The van der Waals surface area contributed by atoms with Crippen LogP contribution >= 0.6 is 11.8 Å². The molecule has 0 aliphatic rings. The molecule has 0 saturated carbocycles. The highest BCUT2D eigenvalue weighted by molar-refractivity contribution is 7.99. The topological polar surface area (TPSA) is 72.7 Å². The molecule has 0 saturated heterocycles. The second kappa shape index (κ2) is 7.61. The third kappa shape index (κ3) is 3.88. The number of carbonyl (C=O) groups is 1. The number of para-hydroxylation sites is 1. The number of halogens is 2. The van der Waals surface area contributed by atoms with Crippen LogP contribution in [0.3, 0.4) is 0 Å².